The van der Waals surface area contributed by atoms with Gasteiger partial charge in [0, 0.05) is 17.7 Å². The smallest absolute Gasteiger partial charge is 0.251 e. The van der Waals surface area contributed by atoms with Gasteiger partial charge in [-0.25, -0.2) is 13.4 Å². The van der Waals surface area contributed by atoms with Gasteiger partial charge in [-0.1, -0.05) is 32.9 Å². The molecule has 3 aromatic rings. The van der Waals surface area contributed by atoms with Crippen LogP contribution in [-0.2, 0) is 22.0 Å². The third-order valence-corrected chi connectivity index (χ3v) is 6.96. The van der Waals surface area contributed by atoms with E-state index in [0.717, 1.165) is 18.4 Å². The van der Waals surface area contributed by atoms with E-state index in [4.69, 9.17) is 4.42 Å². The Kier molecular flexibility index (Phi) is 7.51. The van der Waals surface area contributed by atoms with Crippen LogP contribution in [-0.4, -0.2) is 25.9 Å². The summed E-state index contributed by atoms with van der Waals surface area (Å²) >= 11 is 0. The Bertz CT molecular complexity index is 1160. The van der Waals surface area contributed by atoms with Crippen molar-refractivity contribution in [3.63, 3.8) is 0 Å². The van der Waals surface area contributed by atoms with Crippen LogP contribution in [0.25, 0.3) is 11.5 Å². The maximum Gasteiger partial charge on any atom is 0.251 e. The lowest BCUT2D eigenvalue weighted by Crippen LogP contribution is -2.25. The summed E-state index contributed by atoms with van der Waals surface area (Å²) in [5.74, 6) is 0.968. The number of nitrogens with one attached hydrogen (secondary N) is 1. The maximum atomic E-state index is 12.8. The van der Waals surface area contributed by atoms with Gasteiger partial charge in [0.25, 0.3) is 5.91 Å². The van der Waals surface area contributed by atoms with Crippen molar-refractivity contribution in [2.45, 2.75) is 51.2 Å². The van der Waals surface area contributed by atoms with E-state index in [0.29, 0.717) is 40.9 Å². The van der Waals surface area contributed by atoms with Crippen molar-refractivity contribution >= 4 is 15.7 Å². The van der Waals surface area contributed by atoms with Gasteiger partial charge in [0.15, 0.2) is 9.84 Å². The minimum atomic E-state index is -3.54. The summed E-state index contributed by atoms with van der Waals surface area (Å²) < 4.78 is 31.4. The molecule has 0 aliphatic rings. The molecule has 1 heterocycles. The Morgan fingerprint density at radius 1 is 1.06 bits per heavy atom. The Hall–Kier alpha value is -2.93. The number of oxazole rings is 1. The molecule has 32 heavy (non-hydrogen) atoms. The number of sulfone groups is 1. The van der Waals surface area contributed by atoms with Gasteiger partial charge in [0.2, 0.25) is 5.89 Å². The number of aryl methyl sites for hydroxylation is 2. The quantitative estimate of drug-likeness (QED) is 0.493. The molecule has 0 aliphatic carbocycles. The first-order valence-corrected chi connectivity index (χ1v) is 12.5. The van der Waals surface area contributed by atoms with Crippen molar-refractivity contribution in [2.24, 2.45) is 5.92 Å². The van der Waals surface area contributed by atoms with E-state index in [-0.39, 0.29) is 16.6 Å². The molecular weight excluding hydrogens is 424 g/mol. The molecule has 0 aliphatic heterocycles. The molecule has 0 saturated heterocycles. The van der Waals surface area contributed by atoms with Gasteiger partial charge in [-0.15, -0.1) is 0 Å². The summed E-state index contributed by atoms with van der Waals surface area (Å²) in [4.78, 5) is 16.9. The molecule has 0 unspecified atom stereocenters. The highest BCUT2D eigenvalue weighted by Crippen LogP contribution is 2.25. The molecule has 1 aromatic heterocycles. The van der Waals surface area contributed by atoms with E-state index in [1.54, 1.807) is 43.3 Å². The van der Waals surface area contributed by atoms with Crippen molar-refractivity contribution in [2.75, 3.05) is 6.54 Å². The first-order chi connectivity index (χ1) is 15.2. The monoisotopic (exact) mass is 454 g/mol. The Morgan fingerprint density at radius 2 is 1.72 bits per heavy atom. The fraction of sp³-hybridized carbons (Fsp3) is 0.360. The summed E-state index contributed by atoms with van der Waals surface area (Å²) in [6.07, 6.45) is 1.78. The molecule has 1 amide bonds. The number of aromatic nitrogens is 1. The number of benzene rings is 2. The van der Waals surface area contributed by atoms with Gasteiger partial charge in [0.05, 0.1) is 10.6 Å². The molecule has 0 saturated carbocycles. The number of amides is 1. The van der Waals surface area contributed by atoms with Gasteiger partial charge < -0.3 is 9.73 Å². The molecule has 6 nitrogen and oxygen atoms in total. The van der Waals surface area contributed by atoms with Crippen molar-refractivity contribution in [3.05, 3.63) is 71.1 Å². The molecular formula is C25H30N2O4S. The highest BCUT2D eigenvalue weighted by atomic mass is 32.2. The van der Waals surface area contributed by atoms with Gasteiger partial charge in [-0.2, -0.15) is 0 Å². The fourth-order valence-corrected chi connectivity index (χ4v) is 4.57. The van der Waals surface area contributed by atoms with Crippen molar-refractivity contribution in [1.82, 2.24) is 10.3 Å². The predicted molar refractivity (Wildman–Crippen MR) is 125 cm³/mol. The molecule has 0 fully saturated rings. The van der Waals surface area contributed by atoms with E-state index in [2.05, 4.69) is 24.1 Å². The average molecular weight is 455 g/mol. The first-order valence-electron chi connectivity index (χ1n) is 10.9. The zero-order valence-corrected chi connectivity index (χ0v) is 19.8. The summed E-state index contributed by atoms with van der Waals surface area (Å²) in [6, 6.07) is 13.9. The molecule has 0 bridgehead atoms. The van der Waals surface area contributed by atoms with E-state index in [1.165, 1.54) is 0 Å². The van der Waals surface area contributed by atoms with Crippen LogP contribution in [0.15, 0.2) is 57.8 Å². The molecule has 1 N–H and O–H groups in total. The number of nitrogens with zero attached hydrogens (tertiary/aromatic N) is 1. The number of carbonyl (C=O) groups excluding carboxylic acids is 1. The second kappa shape index (κ2) is 10.1. The van der Waals surface area contributed by atoms with Crippen LogP contribution in [0.4, 0.5) is 0 Å². The van der Waals surface area contributed by atoms with Crippen LogP contribution in [0.2, 0.25) is 0 Å². The molecule has 0 radical (unpaired) electrons. The molecule has 2 aromatic carbocycles. The van der Waals surface area contributed by atoms with Crippen LogP contribution in [0.1, 0.15) is 54.6 Å². The fourth-order valence-electron chi connectivity index (χ4n) is 3.22. The van der Waals surface area contributed by atoms with Crippen molar-refractivity contribution < 1.29 is 17.6 Å². The highest BCUT2D eigenvalue weighted by molar-refractivity contribution is 7.90. The Morgan fingerprint density at radius 3 is 2.31 bits per heavy atom. The summed E-state index contributed by atoms with van der Waals surface area (Å²) in [6.45, 7) is 8.59. The third kappa shape index (κ3) is 5.85. The Labute approximate surface area is 190 Å². The lowest BCUT2D eigenvalue weighted by atomic mass is 10.1. The van der Waals surface area contributed by atoms with E-state index < -0.39 is 9.84 Å². The molecule has 0 spiro atoms. The lowest BCUT2D eigenvalue weighted by molar-refractivity contribution is 0.0952. The number of hydrogen-bond donors (Lipinski definition) is 1. The number of hydrogen-bond acceptors (Lipinski definition) is 5. The zero-order chi connectivity index (χ0) is 23.3. The normalized spacial score (nSPS) is 11.7. The Balaban J connectivity index is 1.72. The SMILES string of the molecule is CCc1ccc(S(=O)(=O)Cc2nc(-c3ccc(C(=O)NCCC(C)C)cc3)oc2C)cc1. The van der Waals surface area contributed by atoms with E-state index >= 15 is 0 Å². The van der Waals surface area contributed by atoms with Gasteiger partial charge in [-0.05, 0) is 67.6 Å². The van der Waals surface area contributed by atoms with Crippen LogP contribution < -0.4 is 5.32 Å². The molecule has 3 rings (SSSR count). The van der Waals surface area contributed by atoms with E-state index in [9.17, 15) is 13.2 Å². The van der Waals surface area contributed by atoms with E-state index in [1.807, 2.05) is 19.1 Å². The molecule has 7 heteroatoms. The van der Waals surface area contributed by atoms with Gasteiger partial charge in [0.1, 0.15) is 11.5 Å². The second-order valence-corrected chi connectivity index (χ2v) is 10.3. The van der Waals surface area contributed by atoms with Crippen LogP contribution in [0.3, 0.4) is 0 Å². The summed E-state index contributed by atoms with van der Waals surface area (Å²) in [5.41, 5.74) is 2.71. The van der Waals surface area contributed by atoms with Crippen LogP contribution in [0.5, 0.6) is 0 Å². The minimum absolute atomic E-state index is 0.123. The standard InChI is InChI=1S/C25H30N2O4S/c1-5-19-6-12-22(13-7-19)32(29,30)16-23-18(4)31-25(27-23)21-10-8-20(9-11-21)24(28)26-15-14-17(2)3/h6-13,17H,5,14-16H2,1-4H3,(H,26,28). The van der Waals surface area contributed by atoms with Crippen molar-refractivity contribution in [1.29, 1.82) is 0 Å². The minimum Gasteiger partial charge on any atom is -0.441 e. The number of rotatable bonds is 9. The molecule has 170 valence electrons. The summed E-state index contributed by atoms with van der Waals surface area (Å²) in [5, 5.41) is 2.91. The van der Waals surface area contributed by atoms with Gasteiger partial charge in [-0.3, -0.25) is 4.79 Å². The second-order valence-electron chi connectivity index (χ2n) is 8.29. The predicted octanol–water partition coefficient (Wildman–Crippen LogP) is 4.96. The zero-order valence-electron chi connectivity index (χ0n) is 19.0. The van der Waals surface area contributed by atoms with Crippen LogP contribution >= 0.6 is 0 Å². The maximum absolute atomic E-state index is 12.8. The third-order valence-electron chi connectivity index (χ3n) is 5.31. The topological polar surface area (TPSA) is 89.3 Å². The van der Waals surface area contributed by atoms with Crippen molar-refractivity contribution in [3.8, 4) is 11.5 Å². The highest BCUT2D eigenvalue weighted by Gasteiger charge is 2.21. The lowest BCUT2D eigenvalue weighted by Gasteiger charge is -2.07. The first kappa shape index (κ1) is 23.7. The molecule has 0 atom stereocenters. The summed E-state index contributed by atoms with van der Waals surface area (Å²) in [7, 11) is -3.54. The van der Waals surface area contributed by atoms with Crippen LogP contribution in [0, 0.1) is 12.8 Å². The number of carbonyl (C=O) groups is 1. The largest absolute Gasteiger partial charge is 0.441 e. The van der Waals surface area contributed by atoms with Gasteiger partial charge >= 0.3 is 0 Å². The average Bonchev–Trinajstić information content (AvgIpc) is 3.13.